The number of aromatic nitrogens is 1. The van der Waals surface area contributed by atoms with Crippen molar-refractivity contribution in [2.45, 2.75) is 0 Å². The second-order valence-electron chi connectivity index (χ2n) is 3.14. The van der Waals surface area contributed by atoms with Crippen LogP contribution >= 0.6 is 23.6 Å². The van der Waals surface area contributed by atoms with E-state index < -0.39 is 15.9 Å². The Hall–Kier alpha value is -0.890. The average Bonchev–Trinajstić information content (AvgIpc) is 2.58. The minimum Gasteiger partial charge on any atom is -0.285 e. The highest BCUT2D eigenvalue weighted by atomic mass is 32.2. The van der Waals surface area contributed by atoms with Crippen LogP contribution < -0.4 is 0 Å². The van der Waals surface area contributed by atoms with Gasteiger partial charge in [-0.25, -0.2) is 4.98 Å². The first-order valence-corrected chi connectivity index (χ1v) is 7.13. The number of thiazole rings is 1. The molecule has 0 atom stereocenters. The fourth-order valence-corrected chi connectivity index (χ4v) is 3.30. The standard InChI is InChI=1S/C9H7NO3S3/c11-16(12,13)5-7(14)9-10-6-3-1-2-4-8(6)15-9/h1-4H,5H2,(H,11,12,13). The topological polar surface area (TPSA) is 67.3 Å². The molecule has 2 rings (SSSR count). The van der Waals surface area contributed by atoms with Gasteiger partial charge in [-0.3, -0.25) is 4.55 Å². The second-order valence-corrected chi connectivity index (χ2v) is 6.11. The van der Waals surface area contributed by atoms with Crippen LogP contribution in [0.15, 0.2) is 24.3 Å². The number of rotatable bonds is 3. The van der Waals surface area contributed by atoms with Gasteiger partial charge in [0.25, 0.3) is 10.1 Å². The third-order valence-corrected chi connectivity index (χ3v) is 4.25. The zero-order valence-corrected chi connectivity index (χ0v) is 10.4. The Labute approximate surface area is 102 Å². The molecule has 16 heavy (non-hydrogen) atoms. The van der Waals surface area contributed by atoms with E-state index in [-0.39, 0.29) is 4.86 Å². The summed E-state index contributed by atoms with van der Waals surface area (Å²) >= 11 is 6.24. The highest BCUT2D eigenvalue weighted by Crippen LogP contribution is 2.22. The van der Waals surface area contributed by atoms with Crippen molar-refractivity contribution in [3.63, 3.8) is 0 Å². The van der Waals surface area contributed by atoms with Crippen LogP contribution in [0.25, 0.3) is 10.2 Å². The van der Waals surface area contributed by atoms with Crippen LogP contribution in [0.5, 0.6) is 0 Å². The lowest BCUT2D eigenvalue weighted by molar-refractivity contribution is 0.488. The summed E-state index contributed by atoms with van der Waals surface area (Å²) in [5.41, 5.74) is 0.778. The maximum absolute atomic E-state index is 10.7. The summed E-state index contributed by atoms with van der Waals surface area (Å²) in [6.45, 7) is 0. The van der Waals surface area contributed by atoms with Crippen molar-refractivity contribution in [3.8, 4) is 0 Å². The molecule has 0 fully saturated rings. The van der Waals surface area contributed by atoms with Crippen molar-refractivity contribution in [2.24, 2.45) is 0 Å². The minimum atomic E-state index is -4.08. The summed E-state index contributed by atoms with van der Waals surface area (Å²) in [6, 6.07) is 7.42. The van der Waals surface area contributed by atoms with Gasteiger partial charge in [0.05, 0.1) is 15.1 Å². The Kier molecular flexibility index (Phi) is 3.02. The Bertz CT molecular complexity index is 612. The Morgan fingerprint density at radius 1 is 1.44 bits per heavy atom. The first-order valence-electron chi connectivity index (χ1n) is 4.30. The van der Waals surface area contributed by atoms with Crippen molar-refractivity contribution >= 4 is 48.8 Å². The molecule has 0 radical (unpaired) electrons. The van der Waals surface area contributed by atoms with Crippen molar-refractivity contribution in [1.29, 1.82) is 0 Å². The molecule has 1 heterocycles. The molecule has 0 saturated carbocycles. The fraction of sp³-hybridized carbons (Fsp3) is 0.111. The van der Waals surface area contributed by atoms with Crippen molar-refractivity contribution in [3.05, 3.63) is 29.3 Å². The van der Waals surface area contributed by atoms with Gasteiger partial charge in [0.15, 0.2) is 0 Å². The quantitative estimate of drug-likeness (QED) is 0.525. The Morgan fingerprint density at radius 2 is 2.12 bits per heavy atom. The van der Waals surface area contributed by atoms with Gasteiger partial charge < -0.3 is 0 Å². The van der Waals surface area contributed by atoms with E-state index in [0.29, 0.717) is 5.01 Å². The molecule has 2 aromatic rings. The van der Waals surface area contributed by atoms with Crippen LogP contribution in [0, 0.1) is 0 Å². The summed E-state index contributed by atoms with van der Waals surface area (Å²) in [5, 5.41) is 0.467. The van der Waals surface area contributed by atoms with Gasteiger partial charge in [-0.2, -0.15) is 8.42 Å². The number of benzene rings is 1. The molecule has 84 valence electrons. The summed E-state index contributed by atoms with van der Waals surface area (Å²) in [5.74, 6) is -0.553. The molecule has 0 aliphatic carbocycles. The predicted molar refractivity (Wildman–Crippen MR) is 67.7 cm³/mol. The van der Waals surface area contributed by atoms with E-state index in [2.05, 4.69) is 4.98 Å². The predicted octanol–water partition coefficient (Wildman–Crippen LogP) is 1.90. The van der Waals surface area contributed by atoms with Gasteiger partial charge in [0.2, 0.25) is 0 Å². The van der Waals surface area contributed by atoms with Gasteiger partial charge in [-0.1, -0.05) is 24.4 Å². The Balaban J connectivity index is 2.37. The van der Waals surface area contributed by atoms with E-state index in [4.69, 9.17) is 16.8 Å². The van der Waals surface area contributed by atoms with E-state index in [0.717, 1.165) is 10.2 Å². The molecule has 4 nitrogen and oxygen atoms in total. The third-order valence-electron chi connectivity index (χ3n) is 1.85. The van der Waals surface area contributed by atoms with E-state index in [1.807, 2.05) is 24.3 Å². The number of hydrogen-bond acceptors (Lipinski definition) is 5. The van der Waals surface area contributed by atoms with Gasteiger partial charge in [0.1, 0.15) is 10.8 Å². The molecular weight excluding hydrogens is 266 g/mol. The summed E-state index contributed by atoms with van der Waals surface area (Å²) < 4.78 is 31.0. The fourth-order valence-electron chi connectivity index (χ4n) is 1.22. The monoisotopic (exact) mass is 273 g/mol. The van der Waals surface area contributed by atoms with E-state index in [9.17, 15) is 8.42 Å². The minimum absolute atomic E-state index is 0.142. The van der Waals surface area contributed by atoms with Crippen LogP contribution in [0.3, 0.4) is 0 Å². The third kappa shape index (κ3) is 2.62. The summed E-state index contributed by atoms with van der Waals surface area (Å²) in [7, 11) is -4.08. The second kappa shape index (κ2) is 4.17. The first kappa shape index (κ1) is 11.6. The lowest BCUT2D eigenvalue weighted by atomic mass is 10.3. The summed E-state index contributed by atoms with van der Waals surface area (Å²) in [4.78, 5) is 4.34. The lowest BCUT2D eigenvalue weighted by Gasteiger charge is -1.95. The molecule has 0 bridgehead atoms. The van der Waals surface area contributed by atoms with E-state index >= 15 is 0 Å². The van der Waals surface area contributed by atoms with Crippen molar-refractivity contribution in [2.75, 3.05) is 5.75 Å². The van der Waals surface area contributed by atoms with E-state index in [1.54, 1.807) is 0 Å². The molecule has 0 saturated heterocycles. The number of para-hydroxylation sites is 1. The molecule has 1 aromatic carbocycles. The molecule has 0 aliphatic rings. The van der Waals surface area contributed by atoms with Gasteiger partial charge >= 0.3 is 0 Å². The molecule has 7 heteroatoms. The number of thiocarbonyl (C=S) groups is 1. The zero-order valence-electron chi connectivity index (χ0n) is 7.95. The maximum Gasteiger partial charge on any atom is 0.270 e. The lowest BCUT2D eigenvalue weighted by Crippen LogP contribution is -2.13. The van der Waals surface area contributed by atoms with Crippen molar-refractivity contribution in [1.82, 2.24) is 4.98 Å². The molecule has 0 aliphatic heterocycles. The SMILES string of the molecule is O=S(=O)(O)CC(=S)c1nc2ccccc2s1. The Morgan fingerprint density at radius 3 is 2.75 bits per heavy atom. The zero-order chi connectivity index (χ0) is 11.8. The molecule has 1 aromatic heterocycles. The highest BCUT2D eigenvalue weighted by molar-refractivity contribution is 7.89. The molecular formula is C9H7NO3S3. The maximum atomic E-state index is 10.7. The molecule has 0 unspecified atom stereocenters. The molecule has 1 N–H and O–H groups in total. The van der Waals surface area contributed by atoms with Crippen molar-refractivity contribution < 1.29 is 13.0 Å². The van der Waals surface area contributed by atoms with Crippen LogP contribution in [-0.4, -0.2) is 28.6 Å². The molecule has 0 spiro atoms. The van der Waals surface area contributed by atoms with Gasteiger partial charge in [-0.15, -0.1) is 11.3 Å². The van der Waals surface area contributed by atoms with E-state index in [1.165, 1.54) is 11.3 Å². The largest absolute Gasteiger partial charge is 0.285 e. The highest BCUT2D eigenvalue weighted by Gasteiger charge is 2.14. The van der Waals surface area contributed by atoms with Gasteiger partial charge in [0, 0.05) is 0 Å². The summed E-state index contributed by atoms with van der Waals surface area (Å²) in [6.07, 6.45) is 0. The number of nitrogens with zero attached hydrogens (tertiary/aromatic N) is 1. The normalized spacial score (nSPS) is 11.8. The smallest absolute Gasteiger partial charge is 0.270 e. The van der Waals surface area contributed by atoms with Gasteiger partial charge in [-0.05, 0) is 12.1 Å². The first-order chi connectivity index (χ1) is 7.46. The van der Waals surface area contributed by atoms with Crippen LogP contribution in [0.1, 0.15) is 5.01 Å². The van der Waals surface area contributed by atoms with Crippen LogP contribution in [0.4, 0.5) is 0 Å². The number of hydrogen-bond donors (Lipinski definition) is 1. The molecule has 0 amide bonds. The number of fused-ring (bicyclic) bond motifs is 1. The van der Waals surface area contributed by atoms with Crippen LogP contribution in [0.2, 0.25) is 0 Å². The average molecular weight is 273 g/mol. The van der Waals surface area contributed by atoms with Crippen LogP contribution in [-0.2, 0) is 10.1 Å².